The number of nitrogens with zero attached hydrogens (tertiary/aromatic N) is 1. The van der Waals surface area contributed by atoms with Crippen LogP contribution in [0.1, 0.15) is 0 Å². The summed E-state index contributed by atoms with van der Waals surface area (Å²) in [6.07, 6.45) is 0. The number of carbonyl (C=O) groups excluding carboxylic acids is 2. The van der Waals surface area contributed by atoms with Crippen LogP contribution in [0.3, 0.4) is 0 Å². The van der Waals surface area contributed by atoms with Gasteiger partial charge in [-0.15, -0.1) is 0 Å². The quantitative estimate of drug-likeness (QED) is 0.376. The minimum absolute atomic E-state index is 0.223. The van der Waals surface area contributed by atoms with Crippen molar-refractivity contribution >= 4 is 27.6 Å². The molecule has 1 aromatic carbocycles. The maximum atomic E-state index is 11.9. The van der Waals surface area contributed by atoms with Gasteiger partial charge in [0.2, 0.25) is 15.9 Å². The van der Waals surface area contributed by atoms with E-state index in [-0.39, 0.29) is 17.1 Å². The molecule has 0 bridgehead atoms. The lowest BCUT2D eigenvalue weighted by Gasteiger charge is -2.07. The van der Waals surface area contributed by atoms with Crippen LogP contribution in [0.5, 0.6) is 0 Å². The first-order chi connectivity index (χ1) is 10.3. The second kappa shape index (κ2) is 7.47. The Hall–Kier alpha value is -2.53. The van der Waals surface area contributed by atoms with E-state index in [0.717, 1.165) is 31.4 Å². The molecular weight excluding hydrogens is 318 g/mol. The predicted octanol–water partition coefficient (Wildman–Crippen LogP) is -0.838. The van der Waals surface area contributed by atoms with Crippen molar-refractivity contribution in [1.29, 1.82) is 0 Å². The Morgan fingerprint density at radius 3 is 2.32 bits per heavy atom. The van der Waals surface area contributed by atoms with Crippen molar-refractivity contribution in [2.24, 2.45) is 0 Å². The van der Waals surface area contributed by atoms with Crippen LogP contribution in [0.15, 0.2) is 29.2 Å². The zero-order valence-corrected chi connectivity index (χ0v) is 12.3. The summed E-state index contributed by atoms with van der Waals surface area (Å²) in [5.41, 5.74) is -0.255. The third-order valence-corrected chi connectivity index (χ3v) is 3.86. The van der Waals surface area contributed by atoms with Gasteiger partial charge in [-0.25, -0.2) is 13.1 Å². The van der Waals surface area contributed by atoms with E-state index in [1.807, 2.05) is 4.72 Å². The fourth-order valence-corrected chi connectivity index (χ4v) is 2.28. The number of benzene rings is 1. The number of nitro groups is 1. The summed E-state index contributed by atoms with van der Waals surface area (Å²) >= 11 is 0. The highest BCUT2D eigenvalue weighted by atomic mass is 32.2. The molecule has 1 amide bonds. The van der Waals surface area contributed by atoms with Gasteiger partial charge in [0, 0.05) is 12.1 Å². The van der Waals surface area contributed by atoms with E-state index in [4.69, 9.17) is 0 Å². The molecule has 0 aliphatic carbocycles. The van der Waals surface area contributed by atoms with Crippen LogP contribution >= 0.6 is 0 Å². The first kappa shape index (κ1) is 17.5. The van der Waals surface area contributed by atoms with Gasteiger partial charge >= 0.3 is 5.97 Å². The van der Waals surface area contributed by atoms with Crippen molar-refractivity contribution < 1.29 is 27.7 Å². The highest BCUT2D eigenvalue weighted by Crippen LogP contribution is 2.15. The topological polar surface area (TPSA) is 145 Å². The van der Waals surface area contributed by atoms with Gasteiger partial charge in [-0.2, -0.15) is 0 Å². The summed E-state index contributed by atoms with van der Waals surface area (Å²) in [7, 11) is -2.85. The summed E-state index contributed by atoms with van der Waals surface area (Å²) < 4.78 is 30.0. The Bertz CT molecular complexity index is 669. The van der Waals surface area contributed by atoms with Crippen molar-refractivity contribution in [2.75, 3.05) is 20.2 Å². The zero-order valence-electron chi connectivity index (χ0n) is 11.4. The number of methoxy groups -OCH3 is 1. The van der Waals surface area contributed by atoms with Crippen LogP contribution < -0.4 is 10.0 Å². The number of amides is 1. The summed E-state index contributed by atoms with van der Waals surface area (Å²) in [5, 5.41) is 12.6. The molecule has 120 valence electrons. The third kappa shape index (κ3) is 5.10. The zero-order chi connectivity index (χ0) is 16.8. The van der Waals surface area contributed by atoms with E-state index in [1.165, 1.54) is 0 Å². The maximum Gasteiger partial charge on any atom is 0.325 e. The van der Waals surface area contributed by atoms with Gasteiger partial charge < -0.3 is 10.1 Å². The summed E-state index contributed by atoms with van der Waals surface area (Å²) in [5.74, 6) is -1.40. The maximum absolute atomic E-state index is 11.9. The monoisotopic (exact) mass is 331 g/mol. The van der Waals surface area contributed by atoms with Crippen LogP contribution in [0.2, 0.25) is 0 Å². The molecule has 0 aliphatic heterocycles. The van der Waals surface area contributed by atoms with Gasteiger partial charge in [0.1, 0.15) is 6.54 Å². The van der Waals surface area contributed by atoms with Crippen LogP contribution in [-0.4, -0.2) is 45.4 Å². The fraction of sp³-hybridized carbons (Fsp3) is 0.273. The van der Waals surface area contributed by atoms with Gasteiger partial charge in [0.05, 0.1) is 23.5 Å². The van der Waals surface area contributed by atoms with Gasteiger partial charge in [0.25, 0.3) is 5.69 Å². The molecule has 0 saturated carbocycles. The van der Waals surface area contributed by atoms with Crippen molar-refractivity contribution in [3.63, 3.8) is 0 Å². The fourth-order valence-electron chi connectivity index (χ4n) is 1.30. The molecule has 1 rings (SSSR count). The predicted molar refractivity (Wildman–Crippen MR) is 73.3 cm³/mol. The SMILES string of the molecule is COC(=O)CNC(=O)CNS(=O)(=O)c1ccc([N+](=O)[O-])cc1. The molecule has 0 saturated heterocycles. The van der Waals surface area contributed by atoms with Gasteiger partial charge in [0.15, 0.2) is 0 Å². The standard InChI is InChI=1S/C11H13N3O7S/c1-21-11(16)7-12-10(15)6-13-22(19,20)9-4-2-8(3-5-9)14(17)18/h2-5,13H,6-7H2,1H3,(H,12,15). The second-order valence-corrected chi connectivity index (χ2v) is 5.70. The largest absolute Gasteiger partial charge is 0.468 e. The van der Waals surface area contributed by atoms with E-state index in [0.29, 0.717) is 0 Å². The molecule has 22 heavy (non-hydrogen) atoms. The highest BCUT2D eigenvalue weighted by Gasteiger charge is 2.17. The molecule has 1 aromatic rings. The van der Waals surface area contributed by atoms with Crippen molar-refractivity contribution in [3.8, 4) is 0 Å². The average Bonchev–Trinajstić information content (AvgIpc) is 2.50. The number of rotatable bonds is 7. The molecule has 0 atom stereocenters. The molecule has 0 heterocycles. The van der Waals surface area contributed by atoms with Crippen molar-refractivity contribution in [1.82, 2.24) is 10.0 Å². The Morgan fingerprint density at radius 1 is 1.23 bits per heavy atom. The number of nitrogens with one attached hydrogen (secondary N) is 2. The number of hydrogen-bond acceptors (Lipinski definition) is 7. The minimum atomic E-state index is -3.99. The van der Waals surface area contributed by atoms with Gasteiger partial charge in [-0.1, -0.05) is 0 Å². The summed E-state index contributed by atoms with van der Waals surface area (Å²) in [6.45, 7) is -0.967. The first-order valence-corrected chi connectivity index (χ1v) is 7.32. The Morgan fingerprint density at radius 2 is 1.82 bits per heavy atom. The van der Waals surface area contributed by atoms with Crippen molar-refractivity contribution in [2.45, 2.75) is 4.90 Å². The third-order valence-electron chi connectivity index (χ3n) is 2.44. The van der Waals surface area contributed by atoms with E-state index < -0.39 is 33.4 Å². The van der Waals surface area contributed by atoms with Crippen LogP contribution in [0.4, 0.5) is 5.69 Å². The van der Waals surface area contributed by atoms with Crippen molar-refractivity contribution in [3.05, 3.63) is 34.4 Å². The second-order valence-electron chi connectivity index (χ2n) is 3.93. The lowest BCUT2D eigenvalue weighted by molar-refractivity contribution is -0.384. The Kier molecular flexibility index (Phi) is 5.95. The van der Waals surface area contributed by atoms with E-state index in [9.17, 15) is 28.1 Å². The Balaban J connectivity index is 2.62. The summed E-state index contributed by atoms with van der Waals surface area (Å²) in [6, 6.07) is 4.16. The molecule has 10 nitrogen and oxygen atoms in total. The molecule has 2 N–H and O–H groups in total. The number of non-ortho nitro benzene ring substituents is 1. The van der Waals surface area contributed by atoms with Gasteiger partial charge in [-0.3, -0.25) is 19.7 Å². The van der Waals surface area contributed by atoms with E-state index in [1.54, 1.807) is 0 Å². The number of ether oxygens (including phenoxy) is 1. The first-order valence-electron chi connectivity index (χ1n) is 5.84. The minimum Gasteiger partial charge on any atom is -0.468 e. The number of nitro benzene ring substituents is 1. The van der Waals surface area contributed by atoms with E-state index >= 15 is 0 Å². The molecular formula is C11H13N3O7S. The summed E-state index contributed by atoms with van der Waals surface area (Å²) in [4.78, 5) is 31.7. The smallest absolute Gasteiger partial charge is 0.325 e. The number of esters is 1. The lowest BCUT2D eigenvalue weighted by Crippen LogP contribution is -2.39. The highest BCUT2D eigenvalue weighted by molar-refractivity contribution is 7.89. The molecule has 11 heteroatoms. The van der Waals surface area contributed by atoms with Crippen LogP contribution in [-0.2, 0) is 24.3 Å². The van der Waals surface area contributed by atoms with Crippen LogP contribution in [0.25, 0.3) is 0 Å². The molecule has 0 fully saturated rings. The average molecular weight is 331 g/mol. The van der Waals surface area contributed by atoms with E-state index in [2.05, 4.69) is 10.1 Å². The molecule has 0 aromatic heterocycles. The van der Waals surface area contributed by atoms with Gasteiger partial charge in [-0.05, 0) is 12.1 Å². The van der Waals surface area contributed by atoms with Crippen LogP contribution in [0, 0.1) is 10.1 Å². The normalized spacial score (nSPS) is 10.8. The molecule has 0 radical (unpaired) electrons. The molecule has 0 unspecified atom stereocenters. The number of hydrogen-bond donors (Lipinski definition) is 2. The Labute approximate surface area is 125 Å². The molecule has 0 spiro atoms. The molecule has 0 aliphatic rings. The number of carbonyl (C=O) groups is 2. The number of sulfonamides is 1. The lowest BCUT2D eigenvalue weighted by atomic mass is 10.3.